The summed E-state index contributed by atoms with van der Waals surface area (Å²) in [4.78, 5) is 14.9. The topological polar surface area (TPSA) is 58.9 Å². The van der Waals surface area contributed by atoms with E-state index in [1.54, 1.807) is 0 Å². The summed E-state index contributed by atoms with van der Waals surface area (Å²) >= 11 is 0. The molecule has 1 aromatic heterocycles. The highest BCUT2D eigenvalue weighted by Crippen LogP contribution is 2.37. The van der Waals surface area contributed by atoms with Gasteiger partial charge in [-0.05, 0) is 29.5 Å². The van der Waals surface area contributed by atoms with Crippen LogP contribution in [0, 0.1) is 0 Å². The molecule has 0 aliphatic heterocycles. The quantitative estimate of drug-likeness (QED) is 0.802. The first kappa shape index (κ1) is 11.2. The van der Waals surface area contributed by atoms with Gasteiger partial charge in [0.1, 0.15) is 0 Å². The molecular formula is C15H16N2O. The van der Waals surface area contributed by atoms with Crippen LogP contribution in [0.15, 0.2) is 35.1 Å². The van der Waals surface area contributed by atoms with Gasteiger partial charge in [-0.3, -0.25) is 4.79 Å². The van der Waals surface area contributed by atoms with Crippen LogP contribution in [0.5, 0.6) is 0 Å². The first-order chi connectivity index (χ1) is 8.70. The molecule has 1 heterocycles. The van der Waals surface area contributed by atoms with Crippen molar-refractivity contribution < 1.29 is 0 Å². The fourth-order valence-corrected chi connectivity index (χ4v) is 2.77. The Labute approximate surface area is 106 Å². The van der Waals surface area contributed by atoms with Crippen molar-refractivity contribution in [3.05, 3.63) is 57.4 Å². The van der Waals surface area contributed by atoms with Crippen LogP contribution in [0.25, 0.3) is 11.3 Å². The minimum Gasteiger partial charge on any atom is -0.326 e. The lowest BCUT2D eigenvalue weighted by Gasteiger charge is -2.25. The van der Waals surface area contributed by atoms with Crippen LogP contribution in [-0.2, 0) is 13.0 Å². The Balaban J connectivity index is 2.28. The van der Waals surface area contributed by atoms with Crippen molar-refractivity contribution in [2.75, 3.05) is 0 Å². The van der Waals surface area contributed by atoms with E-state index in [-0.39, 0.29) is 5.56 Å². The molecule has 1 aliphatic carbocycles. The van der Waals surface area contributed by atoms with E-state index in [4.69, 9.17) is 5.73 Å². The van der Waals surface area contributed by atoms with Crippen LogP contribution >= 0.6 is 0 Å². The number of H-pyrrole nitrogens is 1. The Morgan fingerprint density at radius 1 is 1.39 bits per heavy atom. The maximum atomic E-state index is 11.9. The van der Waals surface area contributed by atoms with Crippen LogP contribution in [0.1, 0.15) is 29.5 Å². The minimum absolute atomic E-state index is 0.0689. The Morgan fingerprint density at radius 2 is 2.17 bits per heavy atom. The van der Waals surface area contributed by atoms with Gasteiger partial charge in [0, 0.05) is 17.7 Å². The van der Waals surface area contributed by atoms with Crippen LogP contribution < -0.4 is 11.3 Å². The van der Waals surface area contributed by atoms with Crippen LogP contribution in [0.4, 0.5) is 0 Å². The van der Waals surface area contributed by atoms with Gasteiger partial charge in [0.25, 0.3) is 5.56 Å². The Bertz CT molecular complexity index is 658. The lowest BCUT2D eigenvalue weighted by molar-refractivity contribution is 0.740. The Morgan fingerprint density at radius 3 is 2.94 bits per heavy atom. The standard InChI is InChI=1S/C15H16N2O/c1-9-6-10-7-11(8-16)15(18)17-14(10)13-5-3-2-4-12(9)13/h2-5,7,9H,6,8,16H2,1H3,(H,17,18). The molecule has 0 saturated carbocycles. The number of hydrogen-bond donors (Lipinski definition) is 2. The van der Waals surface area contributed by atoms with E-state index in [0.29, 0.717) is 18.0 Å². The predicted octanol–water partition coefficient (Wildman–Crippen LogP) is 2.16. The van der Waals surface area contributed by atoms with Gasteiger partial charge >= 0.3 is 0 Å². The summed E-state index contributed by atoms with van der Waals surface area (Å²) in [5.74, 6) is 0.477. The van der Waals surface area contributed by atoms with Crippen molar-refractivity contribution >= 4 is 0 Å². The third-order valence-corrected chi connectivity index (χ3v) is 3.71. The Hall–Kier alpha value is -1.87. The van der Waals surface area contributed by atoms with Crippen molar-refractivity contribution in [3.8, 4) is 11.3 Å². The maximum Gasteiger partial charge on any atom is 0.252 e. The molecule has 18 heavy (non-hydrogen) atoms. The van der Waals surface area contributed by atoms with E-state index in [1.165, 1.54) is 11.1 Å². The highest BCUT2D eigenvalue weighted by Gasteiger charge is 2.22. The lowest BCUT2D eigenvalue weighted by atomic mass is 9.82. The summed E-state index contributed by atoms with van der Waals surface area (Å²) in [5.41, 5.74) is 10.8. The molecule has 2 aromatic rings. The van der Waals surface area contributed by atoms with Gasteiger partial charge in [-0.1, -0.05) is 31.2 Å². The zero-order valence-corrected chi connectivity index (χ0v) is 10.4. The number of aromatic amines is 1. The molecule has 0 bridgehead atoms. The van der Waals surface area contributed by atoms with Gasteiger partial charge in [0.2, 0.25) is 0 Å². The predicted molar refractivity (Wildman–Crippen MR) is 72.5 cm³/mol. The first-order valence-corrected chi connectivity index (χ1v) is 6.25. The molecule has 0 saturated heterocycles. The van der Waals surface area contributed by atoms with Crippen molar-refractivity contribution in [2.45, 2.75) is 25.8 Å². The van der Waals surface area contributed by atoms with E-state index in [1.807, 2.05) is 18.2 Å². The fourth-order valence-electron chi connectivity index (χ4n) is 2.77. The number of aromatic nitrogens is 1. The van der Waals surface area contributed by atoms with Crippen molar-refractivity contribution in [3.63, 3.8) is 0 Å². The van der Waals surface area contributed by atoms with E-state index in [0.717, 1.165) is 17.7 Å². The van der Waals surface area contributed by atoms with E-state index in [9.17, 15) is 4.79 Å². The number of pyridine rings is 1. The van der Waals surface area contributed by atoms with Crippen LogP contribution in [0.3, 0.4) is 0 Å². The third kappa shape index (κ3) is 1.59. The van der Waals surface area contributed by atoms with Gasteiger partial charge in [0.15, 0.2) is 0 Å². The number of rotatable bonds is 1. The number of benzene rings is 1. The summed E-state index contributed by atoms with van der Waals surface area (Å²) in [5, 5.41) is 0. The van der Waals surface area contributed by atoms with Crippen molar-refractivity contribution in [1.82, 2.24) is 4.98 Å². The van der Waals surface area contributed by atoms with E-state index < -0.39 is 0 Å². The fraction of sp³-hybridized carbons (Fsp3) is 0.267. The molecular weight excluding hydrogens is 224 g/mol. The Kier molecular flexibility index (Phi) is 2.56. The molecule has 3 rings (SSSR count). The smallest absolute Gasteiger partial charge is 0.252 e. The second-order valence-corrected chi connectivity index (χ2v) is 4.92. The molecule has 1 aromatic carbocycles. The largest absolute Gasteiger partial charge is 0.326 e. The first-order valence-electron chi connectivity index (χ1n) is 6.25. The molecule has 92 valence electrons. The van der Waals surface area contributed by atoms with Crippen molar-refractivity contribution in [2.24, 2.45) is 5.73 Å². The van der Waals surface area contributed by atoms with E-state index >= 15 is 0 Å². The average molecular weight is 240 g/mol. The molecule has 1 aliphatic rings. The molecule has 1 atom stereocenters. The molecule has 1 unspecified atom stereocenters. The second kappa shape index (κ2) is 4.10. The van der Waals surface area contributed by atoms with Crippen molar-refractivity contribution in [1.29, 1.82) is 0 Å². The van der Waals surface area contributed by atoms with Gasteiger partial charge in [-0.25, -0.2) is 0 Å². The summed E-state index contributed by atoms with van der Waals surface area (Å²) in [6, 6.07) is 10.2. The molecule has 3 heteroatoms. The zero-order valence-electron chi connectivity index (χ0n) is 10.4. The molecule has 0 fully saturated rings. The molecule has 0 radical (unpaired) electrons. The summed E-state index contributed by atoms with van der Waals surface area (Å²) in [6.07, 6.45) is 0.954. The summed E-state index contributed by atoms with van der Waals surface area (Å²) in [6.45, 7) is 2.51. The number of fused-ring (bicyclic) bond motifs is 3. The molecule has 0 spiro atoms. The number of nitrogens with one attached hydrogen (secondary N) is 1. The van der Waals surface area contributed by atoms with Gasteiger partial charge in [0.05, 0.1) is 5.69 Å². The van der Waals surface area contributed by atoms with Gasteiger partial charge < -0.3 is 10.7 Å². The monoisotopic (exact) mass is 240 g/mol. The normalized spacial score (nSPS) is 17.1. The van der Waals surface area contributed by atoms with Crippen LogP contribution in [0.2, 0.25) is 0 Å². The van der Waals surface area contributed by atoms with Gasteiger partial charge in [-0.15, -0.1) is 0 Å². The molecule has 0 amide bonds. The highest BCUT2D eigenvalue weighted by molar-refractivity contribution is 5.70. The maximum absolute atomic E-state index is 11.9. The minimum atomic E-state index is -0.0689. The summed E-state index contributed by atoms with van der Waals surface area (Å²) < 4.78 is 0. The number of hydrogen-bond acceptors (Lipinski definition) is 2. The zero-order chi connectivity index (χ0) is 12.7. The highest BCUT2D eigenvalue weighted by atomic mass is 16.1. The lowest BCUT2D eigenvalue weighted by Crippen LogP contribution is -2.21. The molecule has 3 N–H and O–H groups in total. The number of nitrogens with two attached hydrogens (primary N) is 1. The van der Waals surface area contributed by atoms with Gasteiger partial charge in [-0.2, -0.15) is 0 Å². The van der Waals surface area contributed by atoms with E-state index in [2.05, 4.69) is 24.0 Å². The van der Waals surface area contributed by atoms with Crippen LogP contribution in [-0.4, -0.2) is 4.98 Å². The SMILES string of the molecule is CC1Cc2cc(CN)c(=O)[nH]c2-c2ccccc21. The third-order valence-electron chi connectivity index (χ3n) is 3.71. The second-order valence-electron chi connectivity index (χ2n) is 4.92. The average Bonchev–Trinajstić information content (AvgIpc) is 2.39. The molecule has 3 nitrogen and oxygen atoms in total. The summed E-state index contributed by atoms with van der Waals surface area (Å²) in [7, 11) is 0.